The minimum atomic E-state index is -4.56. The number of benzene rings is 3. The molecule has 1 aromatic heterocycles. The average Bonchev–Trinajstić information content (AvgIpc) is 3.14. The molecule has 5 rings (SSSR count). The molecule has 1 aliphatic heterocycles. The second-order valence-electron chi connectivity index (χ2n) is 12.3. The summed E-state index contributed by atoms with van der Waals surface area (Å²) in [7, 11) is 0. The van der Waals surface area contributed by atoms with Crippen LogP contribution in [0, 0.1) is 0 Å². The molecule has 1 unspecified atom stereocenters. The lowest BCUT2D eigenvalue weighted by atomic mass is 9.86. The van der Waals surface area contributed by atoms with Crippen molar-refractivity contribution in [2.75, 3.05) is 4.90 Å². The summed E-state index contributed by atoms with van der Waals surface area (Å²) in [4.78, 5) is 26.6. The number of hydrogen-bond acceptors (Lipinski definition) is 6. The number of alkyl halides is 3. The molecule has 3 atom stereocenters. The minimum Gasteiger partial charge on any atom is -0.486 e. The summed E-state index contributed by atoms with van der Waals surface area (Å²) in [6.45, 7) is 14.1. The lowest BCUT2D eigenvalue weighted by Gasteiger charge is -2.47. The Morgan fingerprint density at radius 3 is 2.02 bits per heavy atom. The number of anilines is 1. The topological polar surface area (TPSA) is 67.8 Å². The number of piperidine rings is 1. The quantitative estimate of drug-likeness (QED) is 0.152. The van der Waals surface area contributed by atoms with Gasteiger partial charge in [-0.25, -0.2) is 14.8 Å². The highest BCUT2D eigenvalue weighted by molar-refractivity contribution is 6.30. The summed E-state index contributed by atoms with van der Waals surface area (Å²) in [6, 6.07) is 22.5. The fraction of sp³-hybridized carbons (Fsp3) is 0.439. The van der Waals surface area contributed by atoms with Crippen molar-refractivity contribution in [2.24, 2.45) is 0 Å². The molecule has 0 radical (unpaired) electrons. The van der Waals surface area contributed by atoms with E-state index in [9.17, 15) is 18.0 Å². The maximum absolute atomic E-state index is 13.8. The zero-order chi connectivity index (χ0) is 38.3. The summed E-state index contributed by atoms with van der Waals surface area (Å²) in [5, 5.41) is -0.00927. The predicted octanol–water partition coefficient (Wildman–Crippen LogP) is 11.2. The summed E-state index contributed by atoms with van der Waals surface area (Å²) < 4.78 is 53.0. The molecule has 2 heterocycles. The largest absolute Gasteiger partial charge is 0.486 e. The van der Waals surface area contributed by atoms with Gasteiger partial charge in [-0.15, -0.1) is 0 Å². The van der Waals surface area contributed by atoms with Crippen molar-refractivity contribution in [2.45, 2.75) is 118 Å². The number of nitrogens with zero attached hydrogens (tertiary/aromatic N) is 4. The maximum atomic E-state index is 13.8. The molecule has 1 amide bonds. The third-order valence-electron chi connectivity index (χ3n) is 8.41. The number of halogens is 4. The maximum Gasteiger partial charge on any atom is 0.416 e. The Hall–Kier alpha value is -4.31. The van der Waals surface area contributed by atoms with E-state index in [0.29, 0.717) is 49.6 Å². The SMILES string of the molecule is CC.CC.CCC1C[C@H](N(Cc2cc(Cl)cc(C(F)(F)F)c2)c2ncc(OCc3ccccc3)cn2)C[C@H](Cc2ccccc2)N1C(=O)OC(C)C. The molecule has 1 saturated heterocycles. The van der Waals surface area contributed by atoms with Gasteiger partial charge in [0.05, 0.1) is 24.1 Å². The molecule has 11 heteroatoms. The van der Waals surface area contributed by atoms with Crippen molar-refractivity contribution >= 4 is 23.6 Å². The lowest BCUT2D eigenvalue weighted by molar-refractivity contribution is -0.137. The molecule has 0 N–H and O–H groups in total. The smallest absolute Gasteiger partial charge is 0.416 e. The molecule has 3 aromatic carbocycles. The number of likely N-dealkylation sites (tertiary alicyclic amines) is 1. The molecule has 4 aromatic rings. The standard InChI is InChI=1S/C37H40ClF3N4O3.2C2H6/c1-4-31-19-32(20-33(17-26-11-7-5-8-12-26)45(31)36(46)48-25(2)3)44(23-28-15-29(37(39,40)41)18-30(38)16-28)35-42-21-34(22-43-35)47-24-27-13-9-6-10-14-27;2*1-2/h5-16,18,21-22,25,31-33H,4,17,19-20,23-24H2,1-3H3;2*1-2H3/t31?,32-,33-;;/m0../s1. The van der Waals surface area contributed by atoms with Crippen LogP contribution in [0.25, 0.3) is 0 Å². The number of hydrogen-bond donors (Lipinski definition) is 0. The fourth-order valence-electron chi connectivity index (χ4n) is 6.23. The van der Waals surface area contributed by atoms with Crippen LogP contribution in [0.1, 0.15) is 90.0 Å². The zero-order valence-electron chi connectivity index (χ0n) is 31.2. The molecule has 0 saturated carbocycles. The molecule has 7 nitrogen and oxygen atoms in total. The van der Waals surface area contributed by atoms with Gasteiger partial charge in [-0.1, -0.05) is 107 Å². The first kappa shape index (κ1) is 42.1. The van der Waals surface area contributed by atoms with Crippen molar-refractivity contribution in [3.63, 3.8) is 0 Å². The van der Waals surface area contributed by atoms with Gasteiger partial charge in [-0.05, 0) is 74.4 Å². The molecule has 1 fully saturated rings. The number of rotatable bonds is 11. The second-order valence-corrected chi connectivity index (χ2v) is 12.8. The molecule has 1 aliphatic rings. The molecule has 0 aliphatic carbocycles. The van der Waals surface area contributed by atoms with Gasteiger partial charge >= 0.3 is 12.3 Å². The monoisotopic (exact) mass is 740 g/mol. The van der Waals surface area contributed by atoms with Crippen molar-refractivity contribution < 1.29 is 27.4 Å². The first-order valence-electron chi connectivity index (χ1n) is 18.1. The van der Waals surface area contributed by atoms with Gasteiger partial charge in [0.25, 0.3) is 0 Å². The first-order chi connectivity index (χ1) is 25.0. The van der Waals surface area contributed by atoms with Crippen LogP contribution in [-0.4, -0.2) is 45.2 Å². The minimum absolute atomic E-state index is 0.00927. The Kier molecular flexibility index (Phi) is 16.7. The van der Waals surface area contributed by atoms with Crippen molar-refractivity contribution in [1.29, 1.82) is 0 Å². The van der Waals surface area contributed by atoms with E-state index in [2.05, 4.69) is 9.97 Å². The first-order valence-corrected chi connectivity index (χ1v) is 18.5. The van der Waals surface area contributed by atoms with E-state index in [1.807, 2.05) is 119 Å². The normalized spacial score (nSPS) is 16.9. The third-order valence-corrected chi connectivity index (χ3v) is 8.62. The number of carbonyl (C=O) groups is 1. The summed E-state index contributed by atoms with van der Waals surface area (Å²) >= 11 is 6.21. The molecule has 282 valence electrons. The highest BCUT2D eigenvalue weighted by atomic mass is 35.5. The highest BCUT2D eigenvalue weighted by Gasteiger charge is 2.41. The summed E-state index contributed by atoms with van der Waals surface area (Å²) in [5.41, 5.74) is 1.60. The average molecular weight is 741 g/mol. The third kappa shape index (κ3) is 12.1. The van der Waals surface area contributed by atoms with Gasteiger partial charge in [0.15, 0.2) is 5.75 Å². The van der Waals surface area contributed by atoms with E-state index in [4.69, 9.17) is 21.1 Å². The van der Waals surface area contributed by atoms with Crippen molar-refractivity contribution in [1.82, 2.24) is 14.9 Å². The predicted molar refractivity (Wildman–Crippen MR) is 203 cm³/mol. The van der Waals surface area contributed by atoms with Crippen LogP contribution in [-0.2, 0) is 30.5 Å². The van der Waals surface area contributed by atoms with E-state index < -0.39 is 11.7 Å². The highest BCUT2D eigenvalue weighted by Crippen LogP contribution is 2.36. The van der Waals surface area contributed by atoms with Gasteiger partial charge in [0, 0.05) is 29.7 Å². The van der Waals surface area contributed by atoms with Crippen molar-refractivity contribution in [3.05, 3.63) is 119 Å². The molecule has 0 spiro atoms. The number of carbonyl (C=O) groups excluding carboxylic acids is 1. The van der Waals surface area contributed by atoms with Gasteiger partial charge in [0.1, 0.15) is 6.61 Å². The Morgan fingerprint density at radius 2 is 1.46 bits per heavy atom. The molecule has 0 bridgehead atoms. The molecule has 52 heavy (non-hydrogen) atoms. The Morgan fingerprint density at radius 1 is 0.885 bits per heavy atom. The van der Waals surface area contributed by atoms with Crippen LogP contribution in [0.15, 0.2) is 91.3 Å². The van der Waals surface area contributed by atoms with Crippen LogP contribution in [0.3, 0.4) is 0 Å². The van der Waals surface area contributed by atoms with Crippen LogP contribution in [0.4, 0.5) is 23.9 Å². The molecular weight excluding hydrogens is 689 g/mol. The Bertz CT molecular complexity index is 1630. The van der Waals surface area contributed by atoms with Crippen molar-refractivity contribution in [3.8, 4) is 5.75 Å². The fourth-order valence-corrected chi connectivity index (χ4v) is 6.49. The number of ether oxygens (including phenoxy) is 2. The lowest BCUT2D eigenvalue weighted by Crippen LogP contribution is -2.58. The zero-order valence-corrected chi connectivity index (χ0v) is 32.0. The van der Waals surface area contributed by atoms with Crippen LogP contribution in [0.5, 0.6) is 5.75 Å². The Balaban J connectivity index is 0.00000176. The summed E-state index contributed by atoms with van der Waals surface area (Å²) in [5.74, 6) is 0.802. The van der Waals surface area contributed by atoms with Gasteiger partial charge in [0.2, 0.25) is 5.95 Å². The van der Waals surface area contributed by atoms with Crippen LogP contribution in [0.2, 0.25) is 5.02 Å². The van der Waals surface area contributed by atoms with E-state index in [0.717, 1.165) is 23.3 Å². The van der Waals surface area contributed by atoms with E-state index in [1.54, 1.807) is 12.4 Å². The van der Waals surface area contributed by atoms with Gasteiger partial charge in [-0.3, -0.25) is 0 Å². The van der Waals surface area contributed by atoms with E-state index in [-0.39, 0.29) is 41.9 Å². The molecular formula is C41H52ClF3N4O3. The van der Waals surface area contributed by atoms with E-state index in [1.165, 1.54) is 6.07 Å². The van der Waals surface area contributed by atoms with Crippen LogP contribution < -0.4 is 9.64 Å². The summed E-state index contributed by atoms with van der Waals surface area (Å²) in [6.07, 6.45) is 0.221. The number of amides is 1. The second kappa shape index (κ2) is 20.7. The van der Waals surface area contributed by atoms with Crippen LogP contribution >= 0.6 is 11.6 Å². The number of aromatic nitrogens is 2. The van der Waals surface area contributed by atoms with Gasteiger partial charge < -0.3 is 19.3 Å². The van der Waals surface area contributed by atoms with E-state index >= 15 is 0 Å². The Labute approximate surface area is 312 Å². The van der Waals surface area contributed by atoms with Gasteiger partial charge in [-0.2, -0.15) is 13.2 Å².